The van der Waals surface area contributed by atoms with E-state index < -0.39 is 0 Å². The summed E-state index contributed by atoms with van der Waals surface area (Å²) in [6, 6.07) is 3.84. The van der Waals surface area contributed by atoms with Crippen LogP contribution in [0.5, 0.6) is 17.2 Å². The summed E-state index contributed by atoms with van der Waals surface area (Å²) in [5.74, 6) is 3.19. The van der Waals surface area contributed by atoms with Crippen molar-refractivity contribution in [2.24, 2.45) is 17.6 Å². The molecule has 1 aromatic carbocycles. The summed E-state index contributed by atoms with van der Waals surface area (Å²) < 4.78 is 16.1. The van der Waals surface area contributed by atoms with Gasteiger partial charge in [-0.3, -0.25) is 0 Å². The summed E-state index contributed by atoms with van der Waals surface area (Å²) in [5, 5.41) is 0. The van der Waals surface area contributed by atoms with Crippen LogP contribution < -0.4 is 19.9 Å². The maximum absolute atomic E-state index is 6.31. The summed E-state index contributed by atoms with van der Waals surface area (Å²) in [6.07, 6.45) is 1.18. The molecule has 0 radical (unpaired) electrons. The molecular weight excluding hydrogens is 230 g/mol. The first kappa shape index (κ1) is 13.0. The van der Waals surface area contributed by atoms with Gasteiger partial charge >= 0.3 is 0 Å². The van der Waals surface area contributed by atoms with E-state index in [2.05, 4.69) is 6.92 Å². The Bertz CT molecular complexity index is 433. The number of benzene rings is 1. The van der Waals surface area contributed by atoms with Gasteiger partial charge in [-0.1, -0.05) is 6.92 Å². The van der Waals surface area contributed by atoms with E-state index in [0.29, 0.717) is 29.1 Å². The average Bonchev–Trinajstić information content (AvgIpc) is 3.12. The molecule has 0 bridgehead atoms. The third-order valence-electron chi connectivity index (χ3n) is 3.73. The Balaban J connectivity index is 2.41. The highest BCUT2D eigenvalue weighted by molar-refractivity contribution is 5.56. The van der Waals surface area contributed by atoms with Crippen molar-refractivity contribution in [1.29, 1.82) is 0 Å². The molecule has 1 aliphatic carbocycles. The number of hydrogen-bond acceptors (Lipinski definition) is 4. The molecule has 1 saturated carbocycles. The number of ether oxygens (including phenoxy) is 3. The summed E-state index contributed by atoms with van der Waals surface area (Å²) in [7, 11) is 4.85. The summed E-state index contributed by atoms with van der Waals surface area (Å²) in [6.45, 7) is 2.22. The molecule has 1 aromatic rings. The summed E-state index contributed by atoms with van der Waals surface area (Å²) in [5.41, 5.74) is 7.30. The van der Waals surface area contributed by atoms with Gasteiger partial charge in [0.25, 0.3) is 0 Å². The van der Waals surface area contributed by atoms with E-state index in [0.717, 1.165) is 5.56 Å². The molecule has 0 aliphatic heterocycles. The van der Waals surface area contributed by atoms with Gasteiger partial charge in [0.1, 0.15) is 0 Å². The van der Waals surface area contributed by atoms with Crippen LogP contribution in [0.4, 0.5) is 0 Å². The monoisotopic (exact) mass is 251 g/mol. The largest absolute Gasteiger partial charge is 0.493 e. The second-order valence-corrected chi connectivity index (χ2v) is 4.83. The van der Waals surface area contributed by atoms with E-state index in [9.17, 15) is 0 Å². The standard InChI is InChI=1S/C14H21NO3/c1-8-7-10(8)12(15)9-5-6-11(16-2)14(18-4)13(9)17-3/h5-6,8,10,12H,7,15H2,1-4H3. The summed E-state index contributed by atoms with van der Waals surface area (Å²) >= 11 is 0. The molecule has 3 atom stereocenters. The molecular formula is C14H21NO3. The van der Waals surface area contributed by atoms with E-state index in [4.69, 9.17) is 19.9 Å². The third kappa shape index (κ3) is 2.12. The van der Waals surface area contributed by atoms with Crippen molar-refractivity contribution in [1.82, 2.24) is 0 Å². The van der Waals surface area contributed by atoms with E-state index >= 15 is 0 Å². The molecule has 0 saturated heterocycles. The zero-order valence-corrected chi connectivity index (χ0v) is 11.4. The Labute approximate surface area is 108 Å². The fourth-order valence-electron chi connectivity index (χ4n) is 2.47. The molecule has 1 aliphatic rings. The molecule has 18 heavy (non-hydrogen) atoms. The van der Waals surface area contributed by atoms with Gasteiger partial charge in [0.05, 0.1) is 21.3 Å². The molecule has 2 N–H and O–H groups in total. The van der Waals surface area contributed by atoms with Crippen LogP contribution in [0.15, 0.2) is 12.1 Å². The van der Waals surface area contributed by atoms with Crippen molar-refractivity contribution in [3.05, 3.63) is 17.7 Å². The molecule has 4 nitrogen and oxygen atoms in total. The lowest BCUT2D eigenvalue weighted by Gasteiger charge is -2.19. The van der Waals surface area contributed by atoms with Gasteiger partial charge in [-0.15, -0.1) is 0 Å². The molecule has 1 fully saturated rings. The van der Waals surface area contributed by atoms with Gasteiger partial charge in [-0.05, 0) is 30.4 Å². The Hall–Kier alpha value is -1.42. The second-order valence-electron chi connectivity index (χ2n) is 4.83. The topological polar surface area (TPSA) is 53.7 Å². The van der Waals surface area contributed by atoms with Crippen molar-refractivity contribution >= 4 is 0 Å². The summed E-state index contributed by atoms with van der Waals surface area (Å²) in [4.78, 5) is 0. The van der Waals surface area contributed by atoms with Crippen LogP contribution in [-0.2, 0) is 0 Å². The van der Waals surface area contributed by atoms with E-state index in [1.807, 2.05) is 12.1 Å². The maximum atomic E-state index is 6.31. The minimum absolute atomic E-state index is 0.00486. The van der Waals surface area contributed by atoms with E-state index in [-0.39, 0.29) is 6.04 Å². The van der Waals surface area contributed by atoms with Crippen LogP contribution in [0.2, 0.25) is 0 Å². The quantitative estimate of drug-likeness (QED) is 0.873. The maximum Gasteiger partial charge on any atom is 0.203 e. The predicted molar refractivity (Wildman–Crippen MR) is 70.3 cm³/mol. The molecule has 2 rings (SSSR count). The predicted octanol–water partition coefficient (Wildman–Crippen LogP) is 2.37. The highest BCUT2D eigenvalue weighted by atomic mass is 16.5. The molecule has 0 aromatic heterocycles. The lowest BCUT2D eigenvalue weighted by Crippen LogP contribution is -2.15. The Kier molecular flexibility index (Phi) is 3.66. The Morgan fingerprint density at radius 3 is 2.17 bits per heavy atom. The van der Waals surface area contributed by atoms with Gasteiger partial charge in [-0.2, -0.15) is 0 Å². The zero-order valence-electron chi connectivity index (χ0n) is 11.4. The van der Waals surface area contributed by atoms with Gasteiger partial charge in [0, 0.05) is 11.6 Å². The highest BCUT2D eigenvalue weighted by Gasteiger charge is 2.39. The van der Waals surface area contributed by atoms with Crippen molar-refractivity contribution in [3.8, 4) is 17.2 Å². The van der Waals surface area contributed by atoms with Crippen LogP contribution >= 0.6 is 0 Å². The fraction of sp³-hybridized carbons (Fsp3) is 0.571. The van der Waals surface area contributed by atoms with Gasteiger partial charge in [0.2, 0.25) is 5.75 Å². The SMILES string of the molecule is COc1ccc(C(N)C2CC2C)c(OC)c1OC. The highest BCUT2D eigenvalue weighted by Crippen LogP contribution is 2.50. The zero-order chi connectivity index (χ0) is 13.3. The molecule has 0 heterocycles. The number of nitrogens with two attached hydrogens (primary N) is 1. The Morgan fingerprint density at radius 2 is 1.72 bits per heavy atom. The smallest absolute Gasteiger partial charge is 0.203 e. The average molecular weight is 251 g/mol. The van der Waals surface area contributed by atoms with Crippen LogP contribution in [0.3, 0.4) is 0 Å². The number of methoxy groups -OCH3 is 3. The van der Waals surface area contributed by atoms with Crippen molar-refractivity contribution in [2.75, 3.05) is 21.3 Å². The minimum atomic E-state index is -0.00486. The number of rotatable bonds is 5. The first-order chi connectivity index (χ1) is 8.63. The van der Waals surface area contributed by atoms with Crippen molar-refractivity contribution < 1.29 is 14.2 Å². The normalized spacial score (nSPS) is 23.4. The second kappa shape index (κ2) is 5.06. The molecule has 0 spiro atoms. The van der Waals surface area contributed by atoms with Crippen LogP contribution in [0, 0.1) is 11.8 Å². The van der Waals surface area contributed by atoms with Gasteiger partial charge in [0.15, 0.2) is 11.5 Å². The molecule has 4 heteroatoms. The van der Waals surface area contributed by atoms with Crippen molar-refractivity contribution in [2.45, 2.75) is 19.4 Å². The van der Waals surface area contributed by atoms with E-state index in [1.165, 1.54) is 6.42 Å². The van der Waals surface area contributed by atoms with Crippen molar-refractivity contribution in [3.63, 3.8) is 0 Å². The van der Waals surface area contributed by atoms with Gasteiger partial charge in [-0.25, -0.2) is 0 Å². The van der Waals surface area contributed by atoms with Gasteiger partial charge < -0.3 is 19.9 Å². The van der Waals surface area contributed by atoms with Crippen LogP contribution in [0.25, 0.3) is 0 Å². The van der Waals surface area contributed by atoms with E-state index in [1.54, 1.807) is 21.3 Å². The molecule has 100 valence electrons. The van der Waals surface area contributed by atoms with Crippen LogP contribution in [0.1, 0.15) is 24.9 Å². The number of hydrogen-bond donors (Lipinski definition) is 1. The first-order valence-corrected chi connectivity index (χ1v) is 6.18. The first-order valence-electron chi connectivity index (χ1n) is 6.18. The fourth-order valence-corrected chi connectivity index (χ4v) is 2.47. The lowest BCUT2D eigenvalue weighted by atomic mass is 10.00. The molecule has 3 unspecified atom stereocenters. The third-order valence-corrected chi connectivity index (χ3v) is 3.73. The molecule has 0 amide bonds. The lowest BCUT2D eigenvalue weighted by molar-refractivity contribution is 0.319. The minimum Gasteiger partial charge on any atom is -0.493 e. The van der Waals surface area contributed by atoms with Crippen LogP contribution in [-0.4, -0.2) is 21.3 Å². The Morgan fingerprint density at radius 1 is 1.11 bits per heavy atom.